The number of halogens is 1. The maximum Gasteiger partial charge on any atom is 0.242 e. The normalized spacial score (nSPS) is 16.6. The minimum absolute atomic E-state index is 0.182. The second-order valence-corrected chi connectivity index (χ2v) is 7.09. The van der Waals surface area contributed by atoms with E-state index >= 15 is 0 Å². The second-order valence-electron chi connectivity index (χ2n) is 7.09. The molecule has 0 aliphatic heterocycles. The third kappa shape index (κ3) is 4.27. The Morgan fingerprint density at radius 1 is 1.35 bits per heavy atom. The number of rotatable bonds is 6. The van der Waals surface area contributed by atoms with E-state index in [0.29, 0.717) is 18.2 Å². The van der Waals surface area contributed by atoms with Gasteiger partial charge in [-0.1, -0.05) is 31.4 Å². The maximum atomic E-state index is 13.6. The van der Waals surface area contributed by atoms with Crippen LogP contribution in [0.1, 0.15) is 55.6 Å². The van der Waals surface area contributed by atoms with E-state index in [1.807, 2.05) is 0 Å². The van der Waals surface area contributed by atoms with Crippen LogP contribution in [-0.4, -0.2) is 39.7 Å². The van der Waals surface area contributed by atoms with Crippen molar-refractivity contribution in [3.8, 4) is 0 Å². The molecular weight excluding hydrogens is 333 g/mol. The van der Waals surface area contributed by atoms with E-state index in [1.54, 1.807) is 37.5 Å². The predicted octanol–water partition coefficient (Wildman–Crippen LogP) is 2.84. The Bertz CT molecular complexity index is 739. The van der Waals surface area contributed by atoms with E-state index in [2.05, 4.69) is 20.1 Å². The largest absolute Gasteiger partial charge is 0.347 e. The highest BCUT2D eigenvalue weighted by Gasteiger charge is 2.24. The van der Waals surface area contributed by atoms with Gasteiger partial charge in [0, 0.05) is 6.04 Å². The molecule has 1 aliphatic carbocycles. The van der Waals surface area contributed by atoms with Crippen LogP contribution in [0.3, 0.4) is 0 Å². The number of benzene rings is 1. The van der Waals surface area contributed by atoms with Gasteiger partial charge in [-0.3, -0.25) is 9.69 Å². The molecular formula is C19H26FN5O. The monoisotopic (exact) mass is 359 g/mol. The fourth-order valence-corrected chi connectivity index (χ4v) is 3.68. The van der Waals surface area contributed by atoms with Crippen molar-refractivity contribution in [2.24, 2.45) is 0 Å². The summed E-state index contributed by atoms with van der Waals surface area (Å²) >= 11 is 0. The Kier molecular flexibility index (Phi) is 5.98. The molecule has 140 valence electrons. The van der Waals surface area contributed by atoms with Crippen LogP contribution < -0.4 is 5.32 Å². The van der Waals surface area contributed by atoms with Crippen LogP contribution >= 0.6 is 0 Å². The standard InChI is InChI=1S/C19H26FN5O/c1-24(2)18(14-7-6-8-15(20)11-14)19(26)21-12-17-23-22-13-25(17)16-9-4-3-5-10-16/h6-8,11,13,16,18H,3-5,9-10,12H2,1-2H3,(H,21,26)/t18-/m1/s1. The van der Waals surface area contributed by atoms with Crippen LogP contribution in [0.4, 0.5) is 4.39 Å². The molecule has 6 nitrogen and oxygen atoms in total. The Hall–Kier alpha value is -2.28. The molecule has 1 fully saturated rings. The first-order valence-corrected chi connectivity index (χ1v) is 9.14. The summed E-state index contributed by atoms with van der Waals surface area (Å²) in [7, 11) is 3.61. The van der Waals surface area contributed by atoms with Gasteiger partial charge in [-0.05, 0) is 44.6 Å². The molecule has 7 heteroatoms. The van der Waals surface area contributed by atoms with Crippen molar-refractivity contribution in [3.05, 3.63) is 47.8 Å². The maximum absolute atomic E-state index is 13.6. The number of amides is 1. The van der Waals surface area contributed by atoms with E-state index in [1.165, 1.54) is 31.4 Å². The molecule has 0 spiro atoms. The molecule has 0 unspecified atom stereocenters. The molecule has 1 aromatic carbocycles. The van der Waals surface area contributed by atoms with Crippen molar-refractivity contribution in [3.63, 3.8) is 0 Å². The van der Waals surface area contributed by atoms with E-state index in [-0.39, 0.29) is 11.7 Å². The van der Waals surface area contributed by atoms with Crippen molar-refractivity contribution in [1.29, 1.82) is 0 Å². The molecule has 1 atom stereocenters. The summed E-state index contributed by atoms with van der Waals surface area (Å²) in [6, 6.07) is 6.01. The van der Waals surface area contributed by atoms with Crippen LogP contribution in [0.25, 0.3) is 0 Å². The smallest absolute Gasteiger partial charge is 0.242 e. The molecule has 1 aliphatic rings. The number of aromatic nitrogens is 3. The fraction of sp³-hybridized carbons (Fsp3) is 0.526. The van der Waals surface area contributed by atoms with Crippen LogP contribution in [0.2, 0.25) is 0 Å². The summed E-state index contributed by atoms with van der Waals surface area (Å²) in [6.07, 6.45) is 7.73. The van der Waals surface area contributed by atoms with Gasteiger partial charge in [-0.15, -0.1) is 10.2 Å². The number of carbonyl (C=O) groups excluding carboxylic acids is 1. The Morgan fingerprint density at radius 2 is 2.12 bits per heavy atom. The van der Waals surface area contributed by atoms with Gasteiger partial charge in [-0.25, -0.2) is 4.39 Å². The van der Waals surface area contributed by atoms with Gasteiger partial charge in [0.2, 0.25) is 5.91 Å². The minimum Gasteiger partial charge on any atom is -0.347 e. The molecule has 1 aromatic heterocycles. The minimum atomic E-state index is -0.559. The first-order chi connectivity index (χ1) is 12.6. The molecule has 3 rings (SSSR count). The van der Waals surface area contributed by atoms with E-state index in [9.17, 15) is 9.18 Å². The average molecular weight is 359 g/mol. The summed E-state index contributed by atoms with van der Waals surface area (Å²) in [5.41, 5.74) is 0.626. The zero-order valence-electron chi connectivity index (χ0n) is 15.4. The van der Waals surface area contributed by atoms with Crippen molar-refractivity contribution in [2.75, 3.05) is 14.1 Å². The average Bonchev–Trinajstić information content (AvgIpc) is 3.09. The van der Waals surface area contributed by atoms with Crippen molar-refractivity contribution < 1.29 is 9.18 Å². The van der Waals surface area contributed by atoms with Crippen molar-refractivity contribution in [1.82, 2.24) is 25.0 Å². The number of hydrogen-bond acceptors (Lipinski definition) is 4. The van der Waals surface area contributed by atoms with Crippen LogP contribution in [0, 0.1) is 5.82 Å². The Morgan fingerprint density at radius 3 is 2.81 bits per heavy atom. The van der Waals surface area contributed by atoms with Gasteiger partial charge >= 0.3 is 0 Å². The van der Waals surface area contributed by atoms with Gasteiger partial charge in [0.1, 0.15) is 18.2 Å². The first-order valence-electron chi connectivity index (χ1n) is 9.14. The van der Waals surface area contributed by atoms with E-state index < -0.39 is 6.04 Å². The lowest BCUT2D eigenvalue weighted by Gasteiger charge is -2.25. The Balaban J connectivity index is 1.68. The summed E-state index contributed by atoms with van der Waals surface area (Å²) in [5.74, 6) is 0.236. The SMILES string of the molecule is CN(C)[C@@H](C(=O)NCc1nncn1C1CCCCC1)c1cccc(F)c1. The van der Waals surface area contributed by atoms with Gasteiger partial charge in [0.25, 0.3) is 0 Å². The molecule has 0 saturated heterocycles. The van der Waals surface area contributed by atoms with Gasteiger partial charge < -0.3 is 9.88 Å². The third-order valence-corrected chi connectivity index (χ3v) is 4.97. The van der Waals surface area contributed by atoms with Crippen molar-refractivity contribution >= 4 is 5.91 Å². The zero-order chi connectivity index (χ0) is 18.5. The predicted molar refractivity (Wildman–Crippen MR) is 96.8 cm³/mol. The number of hydrogen-bond donors (Lipinski definition) is 1. The molecule has 1 amide bonds. The molecule has 1 N–H and O–H groups in total. The number of carbonyl (C=O) groups is 1. The summed E-state index contributed by atoms with van der Waals surface area (Å²) in [5, 5.41) is 11.1. The summed E-state index contributed by atoms with van der Waals surface area (Å²) in [6.45, 7) is 0.314. The summed E-state index contributed by atoms with van der Waals surface area (Å²) < 4.78 is 15.6. The molecule has 26 heavy (non-hydrogen) atoms. The first kappa shape index (κ1) is 18.5. The molecule has 0 radical (unpaired) electrons. The van der Waals surface area contributed by atoms with Gasteiger partial charge in [0.15, 0.2) is 5.82 Å². The van der Waals surface area contributed by atoms with Crippen molar-refractivity contribution in [2.45, 2.75) is 50.7 Å². The molecule has 2 aromatic rings. The molecule has 0 bridgehead atoms. The van der Waals surface area contributed by atoms with Crippen LogP contribution in [0.5, 0.6) is 0 Å². The van der Waals surface area contributed by atoms with Gasteiger partial charge in [-0.2, -0.15) is 0 Å². The van der Waals surface area contributed by atoms with Crippen LogP contribution in [-0.2, 0) is 11.3 Å². The number of nitrogens with zero attached hydrogens (tertiary/aromatic N) is 4. The zero-order valence-corrected chi connectivity index (χ0v) is 15.4. The van der Waals surface area contributed by atoms with Crippen LogP contribution in [0.15, 0.2) is 30.6 Å². The molecule has 1 heterocycles. The third-order valence-electron chi connectivity index (χ3n) is 4.97. The van der Waals surface area contributed by atoms with E-state index in [0.717, 1.165) is 18.7 Å². The fourth-order valence-electron chi connectivity index (χ4n) is 3.68. The highest BCUT2D eigenvalue weighted by atomic mass is 19.1. The number of likely N-dealkylation sites (N-methyl/N-ethyl adjacent to an activating group) is 1. The van der Waals surface area contributed by atoms with Gasteiger partial charge in [0.05, 0.1) is 6.54 Å². The van der Waals surface area contributed by atoms with E-state index in [4.69, 9.17) is 0 Å². The highest BCUT2D eigenvalue weighted by Crippen LogP contribution is 2.28. The lowest BCUT2D eigenvalue weighted by molar-refractivity contribution is -0.126. The molecule has 1 saturated carbocycles. The lowest BCUT2D eigenvalue weighted by atomic mass is 9.95. The Labute approximate surface area is 153 Å². The summed E-state index contributed by atoms with van der Waals surface area (Å²) in [4.78, 5) is 14.5. The lowest BCUT2D eigenvalue weighted by Crippen LogP contribution is -2.37. The second kappa shape index (κ2) is 8.40. The number of nitrogens with one attached hydrogen (secondary N) is 1. The topological polar surface area (TPSA) is 63.1 Å². The quantitative estimate of drug-likeness (QED) is 0.861. The highest BCUT2D eigenvalue weighted by molar-refractivity contribution is 5.83.